The van der Waals surface area contributed by atoms with Crippen molar-refractivity contribution in [2.75, 3.05) is 26.7 Å². The number of methoxy groups -OCH3 is 1. The fourth-order valence-electron chi connectivity index (χ4n) is 3.05. The Kier molecular flexibility index (Phi) is 5.19. The Labute approximate surface area is 115 Å². The third-order valence-corrected chi connectivity index (χ3v) is 5.82. The largest absolute Gasteiger partial charge is 0.380 e. The van der Waals surface area contributed by atoms with Crippen LogP contribution in [0.1, 0.15) is 32.1 Å². The molecule has 3 N–H and O–H groups in total. The van der Waals surface area contributed by atoms with E-state index in [-0.39, 0.29) is 18.1 Å². The lowest BCUT2D eigenvalue weighted by atomic mass is 10.0. The summed E-state index contributed by atoms with van der Waals surface area (Å²) in [7, 11) is -1.76. The highest BCUT2D eigenvalue weighted by Gasteiger charge is 2.34. The molecular weight excluding hydrogens is 266 g/mol. The van der Waals surface area contributed by atoms with Crippen molar-refractivity contribution in [1.29, 1.82) is 0 Å². The highest BCUT2D eigenvalue weighted by atomic mass is 32.2. The monoisotopic (exact) mass is 291 g/mol. The normalized spacial score (nSPS) is 33.7. The molecule has 1 saturated heterocycles. The number of hydrogen-bond donors (Lipinski definition) is 2. The first kappa shape index (κ1) is 15.2. The summed E-state index contributed by atoms with van der Waals surface area (Å²) < 4.78 is 34.4. The van der Waals surface area contributed by atoms with Crippen molar-refractivity contribution in [2.24, 2.45) is 11.7 Å². The zero-order valence-electron chi connectivity index (χ0n) is 11.5. The first-order chi connectivity index (χ1) is 9.06. The van der Waals surface area contributed by atoms with Gasteiger partial charge in [0.15, 0.2) is 0 Å². The maximum atomic E-state index is 12.4. The lowest BCUT2D eigenvalue weighted by Crippen LogP contribution is -2.51. The van der Waals surface area contributed by atoms with Gasteiger partial charge in [-0.15, -0.1) is 0 Å². The van der Waals surface area contributed by atoms with Crippen molar-refractivity contribution >= 4 is 10.2 Å². The van der Waals surface area contributed by atoms with Gasteiger partial charge in [-0.1, -0.05) is 0 Å². The number of rotatable bonds is 5. The molecule has 0 bridgehead atoms. The van der Waals surface area contributed by atoms with Crippen LogP contribution in [0.5, 0.6) is 0 Å². The van der Waals surface area contributed by atoms with Gasteiger partial charge in [-0.05, 0) is 44.6 Å². The summed E-state index contributed by atoms with van der Waals surface area (Å²) in [6.45, 7) is 1.68. The molecule has 2 rings (SSSR count). The van der Waals surface area contributed by atoms with Crippen molar-refractivity contribution in [3.63, 3.8) is 0 Å². The molecule has 3 atom stereocenters. The van der Waals surface area contributed by atoms with E-state index in [4.69, 9.17) is 10.5 Å². The molecule has 1 aliphatic heterocycles. The second-order valence-electron chi connectivity index (χ2n) is 5.54. The van der Waals surface area contributed by atoms with Gasteiger partial charge in [0, 0.05) is 26.2 Å². The number of nitrogens with two attached hydrogens (primary N) is 1. The summed E-state index contributed by atoms with van der Waals surface area (Å²) in [6, 6.07) is -0.0896. The smallest absolute Gasteiger partial charge is 0.279 e. The molecule has 1 aliphatic carbocycles. The number of hydrogen-bond acceptors (Lipinski definition) is 4. The van der Waals surface area contributed by atoms with Gasteiger partial charge in [0.25, 0.3) is 10.2 Å². The first-order valence-electron chi connectivity index (χ1n) is 7.07. The molecule has 6 nitrogen and oxygen atoms in total. The zero-order valence-corrected chi connectivity index (χ0v) is 12.4. The van der Waals surface area contributed by atoms with Gasteiger partial charge in [0.05, 0.1) is 6.10 Å². The summed E-state index contributed by atoms with van der Waals surface area (Å²) >= 11 is 0. The SMILES string of the molecule is COC1CCCC1NS(=O)(=O)N1CCCC(CN)C1. The van der Waals surface area contributed by atoms with E-state index in [0.717, 1.165) is 32.1 Å². The van der Waals surface area contributed by atoms with Gasteiger partial charge in [0.1, 0.15) is 0 Å². The van der Waals surface area contributed by atoms with Gasteiger partial charge < -0.3 is 10.5 Å². The van der Waals surface area contributed by atoms with Gasteiger partial charge in [0.2, 0.25) is 0 Å². The molecule has 1 saturated carbocycles. The van der Waals surface area contributed by atoms with Crippen LogP contribution in [0.4, 0.5) is 0 Å². The zero-order chi connectivity index (χ0) is 13.9. The molecule has 0 amide bonds. The Morgan fingerprint density at radius 1 is 1.32 bits per heavy atom. The maximum absolute atomic E-state index is 12.4. The Hall–Kier alpha value is -0.210. The summed E-state index contributed by atoms with van der Waals surface area (Å²) in [6.07, 6.45) is 4.70. The lowest BCUT2D eigenvalue weighted by Gasteiger charge is -2.32. The van der Waals surface area contributed by atoms with Crippen LogP contribution in [-0.2, 0) is 14.9 Å². The van der Waals surface area contributed by atoms with Crippen LogP contribution in [-0.4, -0.2) is 51.6 Å². The predicted molar refractivity (Wildman–Crippen MR) is 73.8 cm³/mol. The summed E-state index contributed by atoms with van der Waals surface area (Å²) in [5.74, 6) is 0.284. The number of piperidine rings is 1. The number of ether oxygens (including phenoxy) is 1. The molecule has 7 heteroatoms. The second-order valence-corrected chi connectivity index (χ2v) is 7.24. The molecule has 2 aliphatic rings. The van der Waals surface area contributed by atoms with Crippen molar-refractivity contribution in [1.82, 2.24) is 9.03 Å². The van der Waals surface area contributed by atoms with Gasteiger partial charge >= 0.3 is 0 Å². The van der Waals surface area contributed by atoms with E-state index in [2.05, 4.69) is 4.72 Å². The topological polar surface area (TPSA) is 84.7 Å². The van der Waals surface area contributed by atoms with Gasteiger partial charge in [-0.3, -0.25) is 0 Å². The van der Waals surface area contributed by atoms with Crippen molar-refractivity contribution in [3.05, 3.63) is 0 Å². The minimum Gasteiger partial charge on any atom is -0.380 e. The molecular formula is C12H25N3O3S. The minimum atomic E-state index is -3.40. The van der Waals surface area contributed by atoms with Crippen LogP contribution in [0.25, 0.3) is 0 Å². The third-order valence-electron chi connectivity index (χ3n) is 4.21. The van der Waals surface area contributed by atoms with Crippen LogP contribution in [0, 0.1) is 5.92 Å². The Morgan fingerprint density at radius 3 is 2.79 bits per heavy atom. The van der Waals surface area contributed by atoms with E-state index in [0.29, 0.717) is 19.6 Å². The van der Waals surface area contributed by atoms with E-state index >= 15 is 0 Å². The summed E-state index contributed by atoms with van der Waals surface area (Å²) in [5, 5.41) is 0. The first-order valence-corrected chi connectivity index (χ1v) is 8.51. The van der Waals surface area contributed by atoms with Crippen LogP contribution >= 0.6 is 0 Å². The highest BCUT2D eigenvalue weighted by molar-refractivity contribution is 7.87. The molecule has 0 aromatic carbocycles. The lowest BCUT2D eigenvalue weighted by molar-refractivity contribution is 0.0908. The molecule has 0 radical (unpaired) electrons. The maximum Gasteiger partial charge on any atom is 0.279 e. The average molecular weight is 291 g/mol. The minimum absolute atomic E-state index is 0.00451. The van der Waals surface area contributed by atoms with E-state index < -0.39 is 10.2 Å². The average Bonchev–Trinajstić information content (AvgIpc) is 2.85. The van der Waals surface area contributed by atoms with Crippen LogP contribution in [0.15, 0.2) is 0 Å². The van der Waals surface area contributed by atoms with E-state index in [1.165, 1.54) is 0 Å². The van der Waals surface area contributed by atoms with Crippen molar-refractivity contribution < 1.29 is 13.2 Å². The predicted octanol–water partition coefficient (Wildman–Crippen LogP) is 0.0590. The molecule has 0 spiro atoms. The van der Waals surface area contributed by atoms with E-state index in [9.17, 15) is 8.42 Å². The van der Waals surface area contributed by atoms with Gasteiger partial charge in [-0.2, -0.15) is 17.4 Å². The summed E-state index contributed by atoms with van der Waals surface area (Å²) in [4.78, 5) is 0. The molecule has 2 fully saturated rings. The van der Waals surface area contributed by atoms with Gasteiger partial charge in [-0.25, -0.2) is 0 Å². The fraction of sp³-hybridized carbons (Fsp3) is 1.00. The molecule has 3 unspecified atom stereocenters. The van der Waals surface area contributed by atoms with Crippen LogP contribution in [0.3, 0.4) is 0 Å². The fourth-order valence-corrected chi connectivity index (χ4v) is 4.62. The molecule has 19 heavy (non-hydrogen) atoms. The molecule has 1 heterocycles. The van der Waals surface area contributed by atoms with E-state index in [1.54, 1.807) is 11.4 Å². The standard InChI is InChI=1S/C12H25N3O3S/c1-18-12-6-2-5-11(12)14-19(16,17)15-7-3-4-10(8-13)9-15/h10-12,14H,2-9,13H2,1H3. The molecule has 0 aromatic rings. The second kappa shape index (κ2) is 6.49. The van der Waals surface area contributed by atoms with E-state index in [1.807, 2.05) is 0 Å². The van der Waals surface area contributed by atoms with Crippen molar-refractivity contribution in [3.8, 4) is 0 Å². The number of nitrogens with zero attached hydrogens (tertiary/aromatic N) is 1. The third kappa shape index (κ3) is 3.66. The van der Waals surface area contributed by atoms with Crippen LogP contribution in [0.2, 0.25) is 0 Å². The quantitative estimate of drug-likeness (QED) is 0.750. The molecule has 112 valence electrons. The number of nitrogens with one attached hydrogen (secondary N) is 1. The van der Waals surface area contributed by atoms with Crippen molar-refractivity contribution in [2.45, 2.75) is 44.2 Å². The Balaban J connectivity index is 1.97. The van der Waals surface area contributed by atoms with Crippen LogP contribution < -0.4 is 10.5 Å². The highest BCUT2D eigenvalue weighted by Crippen LogP contribution is 2.24. The Bertz CT molecular complexity index is 388. The molecule has 0 aromatic heterocycles. The Morgan fingerprint density at radius 2 is 2.11 bits per heavy atom. The summed E-state index contributed by atoms with van der Waals surface area (Å²) in [5.41, 5.74) is 5.65.